The molecule has 1 aromatic rings. The van der Waals surface area contributed by atoms with E-state index in [9.17, 15) is 30.7 Å². The Hall–Kier alpha value is -1.31. The first kappa shape index (κ1) is 16.7. The number of hydrogen-bond acceptors (Lipinski definition) is 1. The summed E-state index contributed by atoms with van der Waals surface area (Å²) in [5, 5.41) is 2.58. The van der Waals surface area contributed by atoms with Crippen LogP contribution >= 0.6 is 0 Å². The molecule has 0 aliphatic rings. The molecule has 0 atom stereocenters. The fraction of sp³-hybridized carbons (Fsp3) is 0.500. The van der Waals surface area contributed by atoms with Crippen molar-refractivity contribution in [3.8, 4) is 0 Å². The highest BCUT2D eigenvalue weighted by atomic mass is 19.4. The van der Waals surface area contributed by atoms with Crippen molar-refractivity contribution in [2.45, 2.75) is 31.7 Å². The number of halogens is 7. The van der Waals surface area contributed by atoms with E-state index in [1.807, 2.05) is 0 Å². The molecule has 1 N–H and O–H groups in total. The first-order valence-corrected chi connectivity index (χ1v) is 5.73. The molecule has 0 bridgehead atoms. The van der Waals surface area contributed by atoms with Gasteiger partial charge in [-0.05, 0) is 30.7 Å². The summed E-state index contributed by atoms with van der Waals surface area (Å²) in [6.45, 7) is -0.0422. The average Bonchev–Trinajstić information content (AvgIpc) is 2.27. The van der Waals surface area contributed by atoms with E-state index < -0.39 is 30.2 Å². The quantitative estimate of drug-likeness (QED) is 0.632. The molecule has 0 saturated heterocycles. The normalized spacial score (nSPS) is 12.8. The lowest BCUT2D eigenvalue weighted by Gasteiger charge is -2.11. The van der Waals surface area contributed by atoms with Crippen molar-refractivity contribution in [1.82, 2.24) is 5.32 Å². The Balaban J connectivity index is 2.49. The molecule has 0 spiro atoms. The highest BCUT2D eigenvalue weighted by molar-refractivity contribution is 5.27. The number of alkyl halides is 6. The van der Waals surface area contributed by atoms with Crippen molar-refractivity contribution in [1.29, 1.82) is 0 Å². The number of nitrogens with one attached hydrogen (secondary N) is 1. The molecule has 0 radical (unpaired) electrons. The third-order valence-corrected chi connectivity index (χ3v) is 2.48. The van der Waals surface area contributed by atoms with Crippen LogP contribution in [0.2, 0.25) is 0 Å². The smallest absolute Gasteiger partial charge is 0.313 e. The molecule has 0 saturated carbocycles. The van der Waals surface area contributed by atoms with Crippen LogP contribution in [0.25, 0.3) is 0 Å². The molecule has 114 valence electrons. The lowest BCUT2D eigenvalue weighted by molar-refractivity contribution is -0.140. The average molecular weight is 303 g/mol. The van der Waals surface area contributed by atoms with Gasteiger partial charge in [0.1, 0.15) is 5.82 Å². The lowest BCUT2D eigenvalue weighted by atomic mass is 10.1. The number of hydrogen-bond donors (Lipinski definition) is 1. The zero-order valence-electron chi connectivity index (χ0n) is 10.2. The van der Waals surface area contributed by atoms with Crippen LogP contribution in [-0.2, 0) is 12.7 Å². The predicted octanol–water partition coefficient (Wildman–Crippen LogP) is 4.28. The summed E-state index contributed by atoms with van der Waals surface area (Å²) < 4.78 is 85.7. The van der Waals surface area contributed by atoms with E-state index in [1.54, 1.807) is 0 Å². The molecule has 20 heavy (non-hydrogen) atoms. The van der Waals surface area contributed by atoms with Crippen molar-refractivity contribution in [2.24, 2.45) is 0 Å². The Bertz CT molecular complexity index is 436. The zero-order chi connectivity index (χ0) is 15.4. The second-order valence-electron chi connectivity index (χ2n) is 4.21. The topological polar surface area (TPSA) is 12.0 Å². The molecular weight excluding hydrogens is 291 g/mol. The SMILES string of the molecule is Fc1ccc(CNCCCC(F)(F)F)cc1C(F)(F)F. The molecule has 0 heterocycles. The monoisotopic (exact) mass is 303 g/mol. The third kappa shape index (κ3) is 5.77. The summed E-state index contributed by atoms with van der Waals surface area (Å²) in [5.74, 6) is -1.38. The maximum Gasteiger partial charge on any atom is 0.419 e. The van der Waals surface area contributed by atoms with Crippen LogP contribution in [0.15, 0.2) is 18.2 Å². The Kier molecular flexibility index (Phi) is 5.38. The molecule has 1 nitrogen and oxygen atoms in total. The maximum atomic E-state index is 13.0. The van der Waals surface area contributed by atoms with Gasteiger partial charge < -0.3 is 5.32 Å². The minimum atomic E-state index is -4.80. The van der Waals surface area contributed by atoms with E-state index in [-0.39, 0.29) is 25.1 Å². The van der Waals surface area contributed by atoms with Crippen LogP contribution in [-0.4, -0.2) is 12.7 Å². The van der Waals surface area contributed by atoms with E-state index in [1.165, 1.54) is 0 Å². The Morgan fingerprint density at radius 2 is 1.65 bits per heavy atom. The molecule has 0 aromatic heterocycles. The van der Waals surface area contributed by atoms with Gasteiger partial charge in [-0.25, -0.2) is 4.39 Å². The largest absolute Gasteiger partial charge is 0.419 e. The van der Waals surface area contributed by atoms with E-state index in [0.717, 1.165) is 6.07 Å². The fourth-order valence-corrected chi connectivity index (χ4v) is 1.55. The summed E-state index contributed by atoms with van der Waals surface area (Å²) >= 11 is 0. The van der Waals surface area contributed by atoms with Gasteiger partial charge in [0.05, 0.1) is 5.56 Å². The van der Waals surface area contributed by atoms with Gasteiger partial charge in [0.25, 0.3) is 0 Å². The zero-order valence-corrected chi connectivity index (χ0v) is 10.2. The van der Waals surface area contributed by atoms with Gasteiger partial charge in [-0.15, -0.1) is 0 Å². The summed E-state index contributed by atoms with van der Waals surface area (Å²) in [4.78, 5) is 0. The molecule has 0 aliphatic heterocycles. The minimum absolute atomic E-state index is 0.0121. The molecule has 8 heteroatoms. The van der Waals surface area contributed by atoms with Crippen LogP contribution in [0.5, 0.6) is 0 Å². The molecule has 1 aromatic carbocycles. The van der Waals surface area contributed by atoms with Gasteiger partial charge in [-0.3, -0.25) is 0 Å². The standard InChI is InChI=1S/C12H12F7N/c13-10-3-2-8(6-9(10)12(17,18)19)7-20-5-1-4-11(14,15)16/h2-3,6,20H,1,4-5,7H2. The van der Waals surface area contributed by atoms with Crippen LogP contribution in [0.1, 0.15) is 24.0 Å². The van der Waals surface area contributed by atoms with Crippen LogP contribution < -0.4 is 5.32 Å². The van der Waals surface area contributed by atoms with Crippen molar-refractivity contribution in [3.63, 3.8) is 0 Å². The van der Waals surface area contributed by atoms with Gasteiger partial charge in [-0.1, -0.05) is 6.07 Å². The Morgan fingerprint density at radius 1 is 1.00 bits per heavy atom. The van der Waals surface area contributed by atoms with Gasteiger partial charge in [0.15, 0.2) is 0 Å². The first-order chi connectivity index (χ1) is 9.09. The summed E-state index contributed by atoms with van der Waals surface area (Å²) in [5.41, 5.74) is -1.22. The molecule has 0 amide bonds. The molecule has 0 aliphatic carbocycles. The van der Waals surface area contributed by atoms with Crippen molar-refractivity contribution >= 4 is 0 Å². The summed E-state index contributed by atoms with van der Waals surface area (Å²) in [7, 11) is 0. The van der Waals surface area contributed by atoms with Crippen LogP contribution in [0, 0.1) is 5.82 Å². The van der Waals surface area contributed by atoms with Crippen molar-refractivity contribution in [2.75, 3.05) is 6.54 Å². The maximum absolute atomic E-state index is 13.0. The number of benzene rings is 1. The van der Waals surface area contributed by atoms with E-state index >= 15 is 0 Å². The molecule has 0 unspecified atom stereocenters. The predicted molar refractivity (Wildman–Crippen MR) is 58.4 cm³/mol. The van der Waals surface area contributed by atoms with Gasteiger partial charge in [0.2, 0.25) is 0 Å². The lowest BCUT2D eigenvalue weighted by Crippen LogP contribution is -2.18. The fourth-order valence-electron chi connectivity index (χ4n) is 1.55. The highest BCUT2D eigenvalue weighted by Gasteiger charge is 2.34. The third-order valence-electron chi connectivity index (χ3n) is 2.48. The number of rotatable bonds is 5. The van der Waals surface area contributed by atoms with Crippen LogP contribution in [0.4, 0.5) is 30.7 Å². The Morgan fingerprint density at radius 3 is 2.20 bits per heavy atom. The highest BCUT2D eigenvalue weighted by Crippen LogP contribution is 2.31. The second kappa shape index (κ2) is 6.43. The minimum Gasteiger partial charge on any atom is -0.313 e. The first-order valence-electron chi connectivity index (χ1n) is 5.73. The van der Waals surface area contributed by atoms with E-state index in [4.69, 9.17) is 0 Å². The van der Waals surface area contributed by atoms with Crippen molar-refractivity contribution in [3.05, 3.63) is 35.1 Å². The second-order valence-corrected chi connectivity index (χ2v) is 4.21. The molecule has 1 rings (SSSR count). The molecule has 0 fully saturated rings. The van der Waals surface area contributed by atoms with E-state index in [0.29, 0.717) is 12.1 Å². The van der Waals surface area contributed by atoms with Gasteiger partial charge in [-0.2, -0.15) is 26.3 Å². The molecular formula is C12H12F7N. The van der Waals surface area contributed by atoms with Gasteiger partial charge >= 0.3 is 12.4 Å². The Labute approximate surface area is 110 Å². The van der Waals surface area contributed by atoms with Crippen LogP contribution in [0.3, 0.4) is 0 Å². The van der Waals surface area contributed by atoms with E-state index in [2.05, 4.69) is 5.32 Å². The van der Waals surface area contributed by atoms with Gasteiger partial charge in [0, 0.05) is 13.0 Å². The summed E-state index contributed by atoms with van der Waals surface area (Å²) in [6, 6.07) is 2.49. The van der Waals surface area contributed by atoms with Crippen molar-refractivity contribution < 1.29 is 30.7 Å². The summed E-state index contributed by atoms with van der Waals surface area (Å²) in [6.07, 6.45) is -10.2.